The first-order valence-corrected chi connectivity index (χ1v) is 6.54. The summed E-state index contributed by atoms with van der Waals surface area (Å²) in [5, 5.41) is 11.7. The van der Waals surface area contributed by atoms with Crippen LogP contribution in [0.2, 0.25) is 0 Å². The lowest BCUT2D eigenvalue weighted by molar-refractivity contribution is -0.137. The zero-order chi connectivity index (χ0) is 11.8. The third kappa shape index (κ3) is 5.07. The van der Waals surface area contributed by atoms with E-state index < -0.39 is 5.97 Å². The van der Waals surface area contributed by atoms with Crippen molar-refractivity contribution in [3.05, 3.63) is 24.3 Å². The maximum Gasteiger partial charge on any atom is 0.303 e. The number of carboxylic acid groups (broad SMARTS) is 1. The SMILES string of the molecule is CSc1ccc(NCCCCC(=O)O)cc1. The van der Waals surface area contributed by atoms with Crippen molar-refractivity contribution in [3.63, 3.8) is 0 Å². The Kier molecular flexibility index (Phi) is 5.78. The summed E-state index contributed by atoms with van der Waals surface area (Å²) >= 11 is 1.72. The van der Waals surface area contributed by atoms with Gasteiger partial charge in [0.25, 0.3) is 0 Å². The third-order valence-corrected chi connectivity index (χ3v) is 2.98. The van der Waals surface area contributed by atoms with E-state index in [1.54, 1.807) is 11.8 Å². The smallest absolute Gasteiger partial charge is 0.303 e. The van der Waals surface area contributed by atoms with Crippen LogP contribution >= 0.6 is 11.8 Å². The van der Waals surface area contributed by atoms with Crippen molar-refractivity contribution in [1.29, 1.82) is 0 Å². The molecule has 0 aliphatic heterocycles. The first-order chi connectivity index (χ1) is 7.72. The second kappa shape index (κ2) is 7.17. The van der Waals surface area contributed by atoms with Crippen LogP contribution in [0.4, 0.5) is 5.69 Å². The van der Waals surface area contributed by atoms with Gasteiger partial charge in [-0.15, -0.1) is 11.8 Å². The number of anilines is 1. The number of nitrogens with one attached hydrogen (secondary N) is 1. The van der Waals surface area contributed by atoms with Crippen LogP contribution in [0.1, 0.15) is 19.3 Å². The molecule has 0 fully saturated rings. The van der Waals surface area contributed by atoms with E-state index in [-0.39, 0.29) is 6.42 Å². The van der Waals surface area contributed by atoms with E-state index in [0.29, 0.717) is 0 Å². The van der Waals surface area contributed by atoms with Gasteiger partial charge in [0.1, 0.15) is 0 Å². The average Bonchev–Trinajstić information content (AvgIpc) is 2.29. The van der Waals surface area contributed by atoms with Crippen LogP contribution in [0.15, 0.2) is 29.2 Å². The van der Waals surface area contributed by atoms with Gasteiger partial charge in [-0.3, -0.25) is 4.79 Å². The molecule has 3 nitrogen and oxygen atoms in total. The van der Waals surface area contributed by atoms with Crippen LogP contribution in [0.25, 0.3) is 0 Å². The van der Waals surface area contributed by atoms with Crippen LogP contribution in [0, 0.1) is 0 Å². The number of hydrogen-bond donors (Lipinski definition) is 2. The number of thioether (sulfide) groups is 1. The standard InChI is InChI=1S/C12H17NO2S/c1-16-11-7-5-10(6-8-11)13-9-3-2-4-12(14)15/h5-8,13H,2-4,9H2,1H3,(H,14,15). The molecular formula is C12H17NO2S. The van der Waals surface area contributed by atoms with E-state index in [2.05, 4.69) is 17.4 Å². The highest BCUT2D eigenvalue weighted by Crippen LogP contribution is 2.17. The largest absolute Gasteiger partial charge is 0.481 e. The summed E-state index contributed by atoms with van der Waals surface area (Å²) in [5.41, 5.74) is 1.09. The first kappa shape index (κ1) is 12.9. The summed E-state index contributed by atoms with van der Waals surface area (Å²) in [6, 6.07) is 8.24. The Labute approximate surface area is 100 Å². The summed E-state index contributed by atoms with van der Waals surface area (Å²) in [6.07, 6.45) is 3.92. The zero-order valence-electron chi connectivity index (χ0n) is 9.40. The van der Waals surface area contributed by atoms with E-state index in [1.165, 1.54) is 4.90 Å². The summed E-state index contributed by atoms with van der Waals surface area (Å²) in [5.74, 6) is -0.718. The number of carboxylic acids is 1. The minimum absolute atomic E-state index is 0.257. The number of carbonyl (C=O) groups is 1. The predicted octanol–water partition coefficient (Wildman–Crippen LogP) is 3.08. The second-order valence-corrected chi connectivity index (χ2v) is 4.39. The van der Waals surface area contributed by atoms with E-state index in [9.17, 15) is 4.79 Å². The molecule has 4 heteroatoms. The number of hydrogen-bond acceptors (Lipinski definition) is 3. The minimum Gasteiger partial charge on any atom is -0.481 e. The summed E-state index contributed by atoms with van der Waals surface area (Å²) in [7, 11) is 0. The monoisotopic (exact) mass is 239 g/mol. The Bertz CT molecular complexity index is 324. The Hall–Kier alpha value is -1.16. The van der Waals surface area contributed by atoms with Crippen molar-refractivity contribution in [2.75, 3.05) is 18.1 Å². The van der Waals surface area contributed by atoms with Crippen molar-refractivity contribution >= 4 is 23.4 Å². The molecule has 0 bridgehead atoms. The molecule has 1 rings (SSSR count). The van der Waals surface area contributed by atoms with E-state index in [1.807, 2.05) is 18.4 Å². The van der Waals surface area contributed by atoms with Crippen molar-refractivity contribution in [2.24, 2.45) is 0 Å². The molecular weight excluding hydrogens is 222 g/mol. The molecule has 0 atom stereocenters. The molecule has 0 radical (unpaired) electrons. The van der Waals surface area contributed by atoms with Crippen LogP contribution in [0.5, 0.6) is 0 Å². The van der Waals surface area contributed by atoms with Gasteiger partial charge in [0.15, 0.2) is 0 Å². The molecule has 2 N–H and O–H groups in total. The van der Waals surface area contributed by atoms with Gasteiger partial charge in [0, 0.05) is 23.5 Å². The molecule has 0 spiro atoms. The van der Waals surface area contributed by atoms with Crippen molar-refractivity contribution < 1.29 is 9.90 Å². The molecule has 0 amide bonds. The highest BCUT2D eigenvalue weighted by atomic mass is 32.2. The Morgan fingerprint density at radius 3 is 2.56 bits per heavy atom. The van der Waals surface area contributed by atoms with Gasteiger partial charge in [-0.05, 0) is 43.4 Å². The van der Waals surface area contributed by atoms with Gasteiger partial charge < -0.3 is 10.4 Å². The van der Waals surface area contributed by atoms with Gasteiger partial charge >= 0.3 is 5.97 Å². The topological polar surface area (TPSA) is 49.3 Å². The molecule has 0 saturated heterocycles. The van der Waals surface area contributed by atoms with E-state index in [0.717, 1.165) is 25.1 Å². The summed E-state index contributed by atoms with van der Waals surface area (Å²) < 4.78 is 0. The summed E-state index contributed by atoms with van der Waals surface area (Å²) in [4.78, 5) is 11.5. The quantitative estimate of drug-likeness (QED) is 0.567. The fourth-order valence-corrected chi connectivity index (χ4v) is 1.75. The predicted molar refractivity (Wildman–Crippen MR) is 68.2 cm³/mol. The lowest BCUT2D eigenvalue weighted by Gasteiger charge is -2.06. The van der Waals surface area contributed by atoms with E-state index >= 15 is 0 Å². The first-order valence-electron chi connectivity index (χ1n) is 5.32. The maximum absolute atomic E-state index is 10.3. The van der Waals surface area contributed by atoms with E-state index in [4.69, 9.17) is 5.11 Å². The number of aliphatic carboxylic acids is 1. The number of benzene rings is 1. The van der Waals surface area contributed by atoms with Crippen LogP contribution in [-0.2, 0) is 4.79 Å². The Morgan fingerprint density at radius 1 is 1.31 bits per heavy atom. The van der Waals surface area contributed by atoms with Crippen molar-refractivity contribution in [1.82, 2.24) is 0 Å². The minimum atomic E-state index is -0.718. The molecule has 0 heterocycles. The zero-order valence-corrected chi connectivity index (χ0v) is 10.2. The lowest BCUT2D eigenvalue weighted by atomic mass is 10.2. The van der Waals surface area contributed by atoms with Gasteiger partial charge in [0.05, 0.1) is 0 Å². The van der Waals surface area contributed by atoms with Crippen molar-refractivity contribution in [2.45, 2.75) is 24.2 Å². The van der Waals surface area contributed by atoms with Gasteiger partial charge in [0.2, 0.25) is 0 Å². The summed E-state index contributed by atoms with van der Waals surface area (Å²) in [6.45, 7) is 0.825. The average molecular weight is 239 g/mol. The molecule has 0 saturated carbocycles. The third-order valence-electron chi connectivity index (χ3n) is 2.24. The fourth-order valence-electron chi connectivity index (χ4n) is 1.34. The van der Waals surface area contributed by atoms with Crippen LogP contribution in [-0.4, -0.2) is 23.9 Å². The maximum atomic E-state index is 10.3. The molecule has 0 aliphatic carbocycles. The van der Waals surface area contributed by atoms with Crippen molar-refractivity contribution in [3.8, 4) is 0 Å². The molecule has 1 aromatic rings. The Balaban J connectivity index is 2.19. The van der Waals surface area contributed by atoms with Gasteiger partial charge in [-0.2, -0.15) is 0 Å². The highest BCUT2D eigenvalue weighted by Gasteiger charge is 1.96. The normalized spacial score (nSPS) is 10.1. The highest BCUT2D eigenvalue weighted by molar-refractivity contribution is 7.98. The fraction of sp³-hybridized carbons (Fsp3) is 0.417. The number of rotatable bonds is 7. The molecule has 88 valence electrons. The van der Waals surface area contributed by atoms with Crippen LogP contribution in [0.3, 0.4) is 0 Å². The van der Waals surface area contributed by atoms with Gasteiger partial charge in [-0.1, -0.05) is 0 Å². The molecule has 16 heavy (non-hydrogen) atoms. The van der Waals surface area contributed by atoms with Gasteiger partial charge in [-0.25, -0.2) is 0 Å². The lowest BCUT2D eigenvalue weighted by Crippen LogP contribution is -2.02. The molecule has 0 aromatic heterocycles. The molecule has 1 aromatic carbocycles. The molecule has 0 unspecified atom stereocenters. The van der Waals surface area contributed by atoms with Crippen LogP contribution < -0.4 is 5.32 Å². The number of unbranched alkanes of at least 4 members (excludes halogenated alkanes) is 1. The Morgan fingerprint density at radius 2 is 2.00 bits per heavy atom. The molecule has 0 aliphatic rings. The second-order valence-electron chi connectivity index (χ2n) is 3.51.